The molecule has 20 heavy (non-hydrogen) atoms. The molecule has 3 rings (SSSR count). The third kappa shape index (κ3) is 2.63. The molecule has 3 heterocycles. The van der Waals surface area contributed by atoms with Gasteiger partial charge in [-0.25, -0.2) is 9.97 Å². The molecule has 0 spiro atoms. The van der Waals surface area contributed by atoms with Gasteiger partial charge in [0.25, 0.3) is 0 Å². The minimum Gasteiger partial charge on any atom is -0.376 e. The molecule has 0 aromatic carbocycles. The fourth-order valence-corrected chi connectivity index (χ4v) is 2.41. The Balaban J connectivity index is 1.84. The van der Waals surface area contributed by atoms with Crippen LogP contribution in [0, 0.1) is 6.92 Å². The maximum atomic E-state index is 5.51. The van der Waals surface area contributed by atoms with Gasteiger partial charge in [0.05, 0.1) is 24.9 Å². The summed E-state index contributed by atoms with van der Waals surface area (Å²) < 4.78 is 5.51. The Morgan fingerprint density at radius 3 is 3.05 bits per heavy atom. The van der Waals surface area contributed by atoms with Gasteiger partial charge < -0.3 is 10.1 Å². The highest BCUT2D eigenvalue weighted by Crippen LogP contribution is 2.25. The maximum Gasteiger partial charge on any atom is 0.135 e. The van der Waals surface area contributed by atoms with E-state index in [2.05, 4.69) is 33.3 Å². The highest BCUT2D eigenvalue weighted by atomic mass is 16.5. The molecule has 1 atom stereocenters. The van der Waals surface area contributed by atoms with Gasteiger partial charge in [0.1, 0.15) is 12.1 Å². The Kier molecular flexibility index (Phi) is 3.60. The Hall–Kier alpha value is -2.01. The van der Waals surface area contributed by atoms with Crippen LogP contribution >= 0.6 is 0 Å². The predicted molar refractivity (Wildman–Crippen MR) is 76.4 cm³/mol. The number of hydrogen-bond donors (Lipinski definition) is 1. The lowest BCUT2D eigenvalue weighted by Gasteiger charge is -2.21. The highest BCUT2D eigenvalue weighted by Gasteiger charge is 2.17. The molecule has 1 N–H and O–H groups in total. The number of fused-ring (bicyclic) bond motifs is 1. The summed E-state index contributed by atoms with van der Waals surface area (Å²) in [7, 11) is 0. The number of ether oxygens (including phenoxy) is 1. The van der Waals surface area contributed by atoms with Gasteiger partial charge in [-0.15, -0.1) is 0 Å². The Morgan fingerprint density at radius 1 is 1.30 bits per heavy atom. The molecule has 2 aromatic rings. The number of aryl methyl sites for hydroxylation is 1. The van der Waals surface area contributed by atoms with Gasteiger partial charge in [0.2, 0.25) is 0 Å². The Labute approximate surface area is 118 Å². The zero-order valence-electron chi connectivity index (χ0n) is 11.8. The van der Waals surface area contributed by atoms with E-state index in [9.17, 15) is 0 Å². The number of nitrogens with zero attached hydrogens (tertiary/aromatic N) is 3. The Morgan fingerprint density at radius 2 is 2.20 bits per heavy atom. The van der Waals surface area contributed by atoms with Crippen molar-refractivity contribution in [1.82, 2.24) is 15.0 Å². The number of pyridine rings is 1. The van der Waals surface area contributed by atoms with E-state index in [1.807, 2.05) is 19.2 Å². The predicted octanol–water partition coefficient (Wildman–Crippen LogP) is 2.43. The molecule has 0 saturated heterocycles. The fraction of sp³-hybridized carbons (Fsp3) is 0.400. The molecular formula is C15H18N4O. The fourth-order valence-electron chi connectivity index (χ4n) is 2.41. The smallest absolute Gasteiger partial charge is 0.135 e. The zero-order chi connectivity index (χ0) is 13.9. The molecule has 1 unspecified atom stereocenters. The van der Waals surface area contributed by atoms with E-state index in [0.717, 1.165) is 35.8 Å². The van der Waals surface area contributed by atoms with Crippen molar-refractivity contribution in [2.45, 2.75) is 32.9 Å². The van der Waals surface area contributed by atoms with Crippen LogP contribution in [0.4, 0.5) is 5.82 Å². The van der Waals surface area contributed by atoms with Crippen LogP contribution in [0.5, 0.6) is 0 Å². The number of hydrogen-bond acceptors (Lipinski definition) is 5. The van der Waals surface area contributed by atoms with Crippen molar-refractivity contribution < 1.29 is 4.74 Å². The first-order valence-corrected chi connectivity index (χ1v) is 6.83. The number of aromatic nitrogens is 3. The van der Waals surface area contributed by atoms with Crippen LogP contribution in [0.25, 0.3) is 0 Å². The van der Waals surface area contributed by atoms with Crippen LogP contribution in [-0.4, -0.2) is 21.6 Å². The lowest BCUT2D eigenvalue weighted by atomic mass is 10.1. The molecular weight excluding hydrogens is 252 g/mol. The van der Waals surface area contributed by atoms with Crippen molar-refractivity contribution in [1.29, 1.82) is 0 Å². The van der Waals surface area contributed by atoms with E-state index in [0.29, 0.717) is 6.61 Å². The lowest BCUT2D eigenvalue weighted by molar-refractivity contribution is 0.109. The van der Waals surface area contributed by atoms with Gasteiger partial charge in [-0.1, -0.05) is 0 Å². The molecule has 5 heteroatoms. The van der Waals surface area contributed by atoms with Gasteiger partial charge in [0, 0.05) is 23.9 Å². The van der Waals surface area contributed by atoms with Crippen LogP contribution in [-0.2, 0) is 17.8 Å². The molecule has 5 nitrogen and oxygen atoms in total. The molecule has 0 aliphatic carbocycles. The summed E-state index contributed by atoms with van der Waals surface area (Å²) in [5, 5.41) is 3.45. The minimum atomic E-state index is 0.164. The van der Waals surface area contributed by atoms with E-state index in [1.165, 1.54) is 5.56 Å². The number of nitrogens with one attached hydrogen (secondary N) is 1. The first-order valence-electron chi connectivity index (χ1n) is 6.83. The topological polar surface area (TPSA) is 59.9 Å². The monoisotopic (exact) mass is 270 g/mol. The standard InChI is InChI=1S/C15H18N4O/c1-10-7-12(3-5-16-10)11(2)19-15-13-8-20-6-4-14(13)17-9-18-15/h3,5,7,9,11H,4,6,8H2,1-2H3,(H,17,18,19). The summed E-state index contributed by atoms with van der Waals surface area (Å²) >= 11 is 0. The summed E-state index contributed by atoms with van der Waals surface area (Å²) in [4.78, 5) is 12.9. The molecule has 1 aliphatic heterocycles. The highest BCUT2D eigenvalue weighted by molar-refractivity contribution is 5.48. The summed E-state index contributed by atoms with van der Waals surface area (Å²) in [6.45, 7) is 5.44. The summed E-state index contributed by atoms with van der Waals surface area (Å²) in [6, 6.07) is 4.27. The van der Waals surface area contributed by atoms with Crippen LogP contribution in [0.15, 0.2) is 24.7 Å². The van der Waals surface area contributed by atoms with Gasteiger partial charge in [-0.2, -0.15) is 0 Å². The Bertz CT molecular complexity index is 615. The first kappa shape index (κ1) is 13.0. The summed E-state index contributed by atoms with van der Waals surface area (Å²) in [5.74, 6) is 0.872. The van der Waals surface area contributed by atoms with Crippen LogP contribution in [0.3, 0.4) is 0 Å². The third-order valence-electron chi connectivity index (χ3n) is 3.54. The third-order valence-corrected chi connectivity index (χ3v) is 3.54. The van der Waals surface area contributed by atoms with E-state index < -0.39 is 0 Å². The normalized spacial score (nSPS) is 15.5. The number of rotatable bonds is 3. The van der Waals surface area contributed by atoms with Crippen molar-refractivity contribution >= 4 is 5.82 Å². The molecule has 104 valence electrons. The van der Waals surface area contributed by atoms with Crippen molar-refractivity contribution in [2.75, 3.05) is 11.9 Å². The quantitative estimate of drug-likeness (QED) is 0.928. The minimum absolute atomic E-state index is 0.164. The second kappa shape index (κ2) is 5.54. The van der Waals surface area contributed by atoms with Gasteiger partial charge in [-0.05, 0) is 31.5 Å². The number of anilines is 1. The molecule has 0 amide bonds. The van der Waals surface area contributed by atoms with E-state index in [4.69, 9.17) is 4.74 Å². The van der Waals surface area contributed by atoms with E-state index in [-0.39, 0.29) is 6.04 Å². The molecule has 0 saturated carbocycles. The summed E-state index contributed by atoms with van der Waals surface area (Å²) in [6.07, 6.45) is 4.31. The van der Waals surface area contributed by atoms with Gasteiger partial charge in [-0.3, -0.25) is 4.98 Å². The van der Waals surface area contributed by atoms with E-state index >= 15 is 0 Å². The van der Waals surface area contributed by atoms with Gasteiger partial charge >= 0.3 is 0 Å². The van der Waals surface area contributed by atoms with Crippen molar-refractivity contribution in [3.63, 3.8) is 0 Å². The molecule has 0 bridgehead atoms. The lowest BCUT2D eigenvalue weighted by Crippen LogP contribution is -2.17. The second-order valence-electron chi connectivity index (χ2n) is 5.05. The average Bonchev–Trinajstić information content (AvgIpc) is 2.47. The van der Waals surface area contributed by atoms with Crippen molar-refractivity contribution in [2.24, 2.45) is 0 Å². The largest absolute Gasteiger partial charge is 0.376 e. The van der Waals surface area contributed by atoms with E-state index in [1.54, 1.807) is 6.33 Å². The van der Waals surface area contributed by atoms with Crippen LogP contribution in [0.2, 0.25) is 0 Å². The van der Waals surface area contributed by atoms with Gasteiger partial charge in [0.15, 0.2) is 0 Å². The molecule has 1 aliphatic rings. The van der Waals surface area contributed by atoms with Crippen molar-refractivity contribution in [3.05, 3.63) is 47.2 Å². The van der Waals surface area contributed by atoms with Crippen molar-refractivity contribution in [3.8, 4) is 0 Å². The molecule has 0 fully saturated rings. The summed E-state index contributed by atoms with van der Waals surface area (Å²) in [5.41, 5.74) is 4.38. The molecule has 2 aromatic heterocycles. The average molecular weight is 270 g/mol. The van der Waals surface area contributed by atoms with Crippen LogP contribution < -0.4 is 5.32 Å². The first-order chi connectivity index (χ1) is 9.74. The SMILES string of the molecule is Cc1cc(C(C)Nc2ncnc3c2COCC3)ccn1. The molecule has 0 radical (unpaired) electrons. The second-order valence-corrected chi connectivity index (χ2v) is 5.05. The zero-order valence-corrected chi connectivity index (χ0v) is 11.8. The van der Waals surface area contributed by atoms with Crippen LogP contribution in [0.1, 0.15) is 35.5 Å². The maximum absolute atomic E-state index is 5.51.